The highest BCUT2D eigenvalue weighted by Gasteiger charge is 2.15. The van der Waals surface area contributed by atoms with Gasteiger partial charge in [-0.3, -0.25) is 19.1 Å². The van der Waals surface area contributed by atoms with Crippen molar-refractivity contribution < 1.29 is 14.3 Å². The number of hydrogen-bond donors (Lipinski definition) is 1. The molecule has 32 heavy (non-hydrogen) atoms. The molecule has 0 spiro atoms. The summed E-state index contributed by atoms with van der Waals surface area (Å²) < 4.78 is 6.48. The van der Waals surface area contributed by atoms with E-state index in [0.717, 1.165) is 37.9 Å². The minimum absolute atomic E-state index is 0.0378. The lowest BCUT2D eigenvalue weighted by Gasteiger charge is -2.16. The van der Waals surface area contributed by atoms with E-state index in [-0.39, 0.29) is 11.5 Å². The molecular formula is C24H26N4O4. The van der Waals surface area contributed by atoms with Crippen molar-refractivity contribution in [3.63, 3.8) is 0 Å². The lowest BCUT2D eigenvalue weighted by molar-refractivity contribution is 0.102. The number of rotatable bonds is 3. The van der Waals surface area contributed by atoms with Crippen LogP contribution in [0.15, 0.2) is 47.3 Å². The predicted octanol–water partition coefficient (Wildman–Crippen LogP) is 3.97. The molecular weight excluding hydrogens is 408 g/mol. The summed E-state index contributed by atoms with van der Waals surface area (Å²) in [6, 6.07) is 11.9. The van der Waals surface area contributed by atoms with Crippen LogP contribution >= 0.6 is 0 Å². The summed E-state index contributed by atoms with van der Waals surface area (Å²) in [7, 11) is 2.92. The van der Waals surface area contributed by atoms with Crippen molar-refractivity contribution in [2.75, 3.05) is 24.4 Å². The van der Waals surface area contributed by atoms with Gasteiger partial charge >= 0.3 is 6.09 Å². The van der Waals surface area contributed by atoms with Gasteiger partial charge in [-0.15, -0.1) is 0 Å². The Morgan fingerprint density at radius 2 is 1.81 bits per heavy atom. The van der Waals surface area contributed by atoms with E-state index in [9.17, 15) is 14.4 Å². The highest BCUT2D eigenvalue weighted by atomic mass is 16.5. The molecule has 2 amide bonds. The highest BCUT2D eigenvalue weighted by Crippen LogP contribution is 2.20. The van der Waals surface area contributed by atoms with Gasteiger partial charge in [-0.25, -0.2) is 9.78 Å². The maximum absolute atomic E-state index is 13.0. The molecule has 0 fully saturated rings. The molecule has 1 aliphatic rings. The van der Waals surface area contributed by atoms with Crippen LogP contribution in [0.1, 0.15) is 41.9 Å². The number of aryl methyl sites for hydroxylation is 1. The number of nitrogens with zero attached hydrogens (tertiary/aromatic N) is 3. The van der Waals surface area contributed by atoms with Crippen molar-refractivity contribution in [3.05, 3.63) is 64.2 Å². The Hall–Kier alpha value is -3.68. The van der Waals surface area contributed by atoms with Crippen molar-refractivity contribution in [1.82, 2.24) is 9.55 Å². The van der Waals surface area contributed by atoms with E-state index in [1.807, 2.05) is 0 Å². The van der Waals surface area contributed by atoms with Crippen LogP contribution in [0, 0.1) is 0 Å². The number of ether oxygens (including phenoxy) is 1. The molecule has 0 aliphatic carbocycles. The third-order valence-electron chi connectivity index (χ3n) is 5.79. The second kappa shape index (κ2) is 9.21. The number of anilines is 2. The molecule has 4 rings (SSSR count). The van der Waals surface area contributed by atoms with Crippen LogP contribution in [0.25, 0.3) is 10.9 Å². The highest BCUT2D eigenvalue weighted by molar-refractivity contribution is 6.06. The summed E-state index contributed by atoms with van der Waals surface area (Å²) >= 11 is 0. The molecule has 1 N–H and O–H groups in total. The summed E-state index contributed by atoms with van der Waals surface area (Å²) in [5, 5.41) is 3.37. The summed E-state index contributed by atoms with van der Waals surface area (Å²) in [5.74, 6) is 0.500. The molecule has 1 aromatic heterocycles. The number of hydrogen-bond acceptors (Lipinski definition) is 5. The lowest BCUT2D eigenvalue weighted by atomic mass is 10.1. The second-order valence-electron chi connectivity index (χ2n) is 7.91. The van der Waals surface area contributed by atoms with Crippen LogP contribution < -0.4 is 15.8 Å². The topological polar surface area (TPSA) is 93.5 Å². The van der Waals surface area contributed by atoms with Gasteiger partial charge in [0, 0.05) is 37.0 Å². The zero-order valence-corrected chi connectivity index (χ0v) is 18.3. The quantitative estimate of drug-likeness (QED) is 0.673. The van der Waals surface area contributed by atoms with Crippen LogP contribution in [0.3, 0.4) is 0 Å². The molecule has 8 heteroatoms. The third-order valence-corrected chi connectivity index (χ3v) is 5.79. The minimum atomic E-state index is -0.477. The molecule has 0 saturated heterocycles. The standard InChI is InChI=1S/C24H26N4O4/c1-27(24(31)32-2)18-11-9-17(10-12-18)25-22(29)16-8-13-19-20(15-16)26-21-7-5-3-4-6-14-28(21)23(19)30/h8-13,15H,3-7,14H2,1-2H3,(H,25,29). The van der Waals surface area contributed by atoms with E-state index in [1.165, 1.54) is 12.0 Å². The summed E-state index contributed by atoms with van der Waals surface area (Å²) in [5.41, 5.74) is 2.16. The maximum atomic E-state index is 13.0. The average molecular weight is 434 g/mol. The Morgan fingerprint density at radius 1 is 1.06 bits per heavy atom. The number of benzene rings is 2. The normalized spacial score (nSPS) is 13.6. The van der Waals surface area contributed by atoms with E-state index in [4.69, 9.17) is 9.72 Å². The van der Waals surface area contributed by atoms with Gasteiger partial charge in [0.05, 0.1) is 18.0 Å². The van der Waals surface area contributed by atoms with Crippen molar-refractivity contribution in [3.8, 4) is 0 Å². The molecule has 0 bridgehead atoms. The van der Waals surface area contributed by atoms with E-state index in [0.29, 0.717) is 34.4 Å². The van der Waals surface area contributed by atoms with Crippen LogP contribution in [0.5, 0.6) is 0 Å². The average Bonchev–Trinajstić information content (AvgIpc) is 2.79. The first kappa shape index (κ1) is 21.5. The Morgan fingerprint density at radius 3 is 2.56 bits per heavy atom. The fraction of sp³-hybridized carbons (Fsp3) is 0.333. The Bertz CT molecular complexity index is 1220. The first-order valence-corrected chi connectivity index (χ1v) is 10.7. The SMILES string of the molecule is COC(=O)N(C)c1ccc(NC(=O)c2ccc3c(=O)n4c(nc3c2)CCCCCC4)cc1. The zero-order valence-electron chi connectivity index (χ0n) is 18.3. The first-order valence-electron chi connectivity index (χ1n) is 10.7. The first-order chi connectivity index (χ1) is 15.5. The van der Waals surface area contributed by atoms with Gasteiger partial charge in [0.2, 0.25) is 0 Å². The fourth-order valence-electron chi connectivity index (χ4n) is 3.95. The van der Waals surface area contributed by atoms with Gasteiger partial charge in [-0.05, 0) is 55.3 Å². The van der Waals surface area contributed by atoms with Crippen molar-refractivity contribution in [2.45, 2.75) is 38.6 Å². The number of nitrogens with one attached hydrogen (secondary N) is 1. The van der Waals surface area contributed by atoms with Crippen molar-refractivity contribution >= 4 is 34.3 Å². The van der Waals surface area contributed by atoms with Crippen LogP contribution in [-0.2, 0) is 17.7 Å². The smallest absolute Gasteiger partial charge is 0.413 e. The Labute approximate surface area is 185 Å². The van der Waals surface area contributed by atoms with E-state index >= 15 is 0 Å². The summed E-state index contributed by atoms with van der Waals surface area (Å²) in [4.78, 5) is 43.5. The fourth-order valence-corrected chi connectivity index (χ4v) is 3.95. The molecule has 166 valence electrons. The molecule has 1 aliphatic heterocycles. The van der Waals surface area contributed by atoms with E-state index in [2.05, 4.69) is 5.32 Å². The molecule has 2 heterocycles. The molecule has 0 atom stereocenters. The van der Waals surface area contributed by atoms with Gasteiger partial charge in [0.1, 0.15) is 5.82 Å². The number of amides is 2. The minimum Gasteiger partial charge on any atom is -0.452 e. The second-order valence-corrected chi connectivity index (χ2v) is 7.91. The summed E-state index contributed by atoms with van der Waals surface area (Å²) in [6.07, 6.45) is 4.56. The van der Waals surface area contributed by atoms with Gasteiger partial charge in [-0.2, -0.15) is 0 Å². The van der Waals surface area contributed by atoms with Gasteiger partial charge in [0.15, 0.2) is 0 Å². The lowest BCUT2D eigenvalue weighted by Crippen LogP contribution is -2.26. The maximum Gasteiger partial charge on any atom is 0.413 e. The largest absolute Gasteiger partial charge is 0.452 e. The van der Waals surface area contributed by atoms with Crippen LogP contribution in [0.4, 0.5) is 16.2 Å². The zero-order chi connectivity index (χ0) is 22.7. The molecule has 3 aromatic rings. The summed E-state index contributed by atoms with van der Waals surface area (Å²) in [6.45, 7) is 0.695. The molecule has 8 nitrogen and oxygen atoms in total. The number of carbonyl (C=O) groups is 2. The van der Waals surface area contributed by atoms with Crippen molar-refractivity contribution in [2.24, 2.45) is 0 Å². The van der Waals surface area contributed by atoms with Crippen molar-refractivity contribution in [1.29, 1.82) is 0 Å². The van der Waals surface area contributed by atoms with Crippen LogP contribution in [-0.4, -0.2) is 35.7 Å². The van der Waals surface area contributed by atoms with Gasteiger partial charge in [-0.1, -0.05) is 12.8 Å². The molecule has 2 aromatic carbocycles. The van der Waals surface area contributed by atoms with E-state index in [1.54, 1.807) is 54.1 Å². The molecule has 0 saturated carbocycles. The number of carbonyl (C=O) groups excluding carboxylic acids is 2. The van der Waals surface area contributed by atoms with Gasteiger partial charge < -0.3 is 10.1 Å². The number of methoxy groups -OCH3 is 1. The number of fused-ring (bicyclic) bond motifs is 2. The van der Waals surface area contributed by atoms with E-state index < -0.39 is 6.09 Å². The number of aromatic nitrogens is 2. The molecule has 0 unspecified atom stereocenters. The Kier molecular flexibility index (Phi) is 6.20. The monoisotopic (exact) mass is 434 g/mol. The van der Waals surface area contributed by atoms with Crippen LogP contribution in [0.2, 0.25) is 0 Å². The molecule has 0 radical (unpaired) electrons. The predicted molar refractivity (Wildman–Crippen MR) is 123 cm³/mol. The third kappa shape index (κ3) is 4.34. The Balaban J connectivity index is 1.57. The van der Waals surface area contributed by atoms with Gasteiger partial charge in [0.25, 0.3) is 11.5 Å².